The van der Waals surface area contributed by atoms with Crippen molar-refractivity contribution in [3.63, 3.8) is 0 Å². The van der Waals surface area contributed by atoms with E-state index in [1.807, 2.05) is 0 Å². The molecule has 0 saturated heterocycles. The van der Waals surface area contributed by atoms with Gasteiger partial charge in [-0.2, -0.15) is 0 Å². The minimum atomic E-state index is -0.702. The lowest BCUT2D eigenvalue weighted by Gasteiger charge is -2.29. The smallest absolute Gasteiger partial charge is 0.315 e. The molecule has 0 heterocycles. The standard InChI is InChI=1S/C14H24O4/c1-2-18-14(17)12(9-6-10-15)13(16)11-7-4-3-5-8-11/h6,9,11-13,15-16H,2-5,7-8,10H2,1H3/b9-6+/t12-,13+/m0/s1. The molecule has 0 amide bonds. The zero-order valence-electron chi connectivity index (χ0n) is 11.0. The fraction of sp³-hybridized carbons (Fsp3) is 0.786. The van der Waals surface area contributed by atoms with Gasteiger partial charge in [0, 0.05) is 0 Å². The number of aliphatic hydroxyl groups excluding tert-OH is 2. The summed E-state index contributed by atoms with van der Waals surface area (Å²) in [5.74, 6) is -0.892. The van der Waals surface area contributed by atoms with Crippen molar-refractivity contribution in [1.82, 2.24) is 0 Å². The van der Waals surface area contributed by atoms with Crippen LogP contribution in [0, 0.1) is 11.8 Å². The molecule has 2 N–H and O–H groups in total. The predicted molar refractivity (Wildman–Crippen MR) is 68.9 cm³/mol. The van der Waals surface area contributed by atoms with Gasteiger partial charge in [-0.3, -0.25) is 4.79 Å². The molecule has 18 heavy (non-hydrogen) atoms. The topological polar surface area (TPSA) is 66.8 Å². The maximum atomic E-state index is 11.8. The molecular formula is C14H24O4. The van der Waals surface area contributed by atoms with Gasteiger partial charge in [0.25, 0.3) is 0 Å². The van der Waals surface area contributed by atoms with Crippen LogP contribution in [0.1, 0.15) is 39.0 Å². The second-order valence-electron chi connectivity index (χ2n) is 4.78. The third-order valence-electron chi connectivity index (χ3n) is 3.51. The summed E-state index contributed by atoms with van der Waals surface area (Å²) >= 11 is 0. The zero-order valence-corrected chi connectivity index (χ0v) is 11.0. The van der Waals surface area contributed by atoms with Crippen molar-refractivity contribution in [2.75, 3.05) is 13.2 Å². The van der Waals surface area contributed by atoms with Crippen molar-refractivity contribution in [3.8, 4) is 0 Å². The largest absolute Gasteiger partial charge is 0.465 e. The number of rotatable bonds is 6. The van der Waals surface area contributed by atoms with Gasteiger partial charge in [-0.25, -0.2) is 0 Å². The Morgan fingerprint density at radius 3 is 2.61 bits per heavy atom. The van der Waals surface area contributed by atoms with Crippen molar-refractivity contribution in [2.24, 2.45) is 11.8 Å². The molecule has 0 aromatic carbocycles. The number of carbonyl (C=O) groups excluding carboxylic acids is 1. The van der Waals surface area contributed by atoms with Crippen LogP contribution in [0.3, 0.4) is 0 Å². The first kappa shape index (κ1) is 15.2. The van der Waals surface area contributed by atoms with Crippen molar-refractivity contribution < 1.29 is 19.7 Å². The highest BCUT2D eigenvalue weighted by Crippen LogP contribution is 2.30. The third-order valence-corrected chi connectivity index (χ3v) is 3.51. The Hall–Kier alpha value is -0.870. The summed E-state index contributed by atoms with van der Waals surface area (Å²) in [5, 5.41) is 19.1. The number of ether oxygens (including phenoxy) is 1. The molecule has 0 aromatic rings. The molecule has 0 spiro atoms. The lowest BCUT2D eigenvalue weighted by Crippen LogP contribution is -2.35. The van der Waals surface area contributed by atoms with Gasteiger partial charge < -0.3 is 14.9 Å². The van der Waals surface area contributed by atoms with E-state index in [4.69, 9.17) is 9.84 Å². The van der Waals surface area contributed by atoms with E-state index in [-0.39, 0.29) is 12.5 Å². The van der Waals surface area contributed by atoms with Gasteiger partial charge in [0.15, 0.2) is 0 Å². The summed E-state index contributed by atoms with van der Waals surface area (Å²) < 4.78 is 4.98. The van der Waals surface area contributed by atoms with E-state index in [2.05, 4.69) is 0 Å². The lowest BCUT2D eigenvalue weighted by atomic mass is 9.80. The van der Waals surface area contributed by atoms with E-state index < -0.39 is 18.0 Å². The van der Waals surface area contributed by atoms with E-state index in [0.29, 0.717) is 6.61 Å². The van der Waals surface area contributed by atoms with E-state index >= 15 is 0 Å². The van der Waals surface area contributed by atoms with Gasteiger partial charge in [-0.1, -0.05) is 31.4 Å². The summed E-state index contributed by atoms with van der Waals surface area (Å²) in [4.78, 5) is 11.8. The molecule has 2 atom stereocenters. The first-order valence-electron chi connectivity index (χ1n) is 6.83. The average Bonchev–Trinajstić information content (AvgIpc) is 2.40. The van der Waals surface area contributed by atoms with Crippen LogP contribution in [0.4, 0.5) is 0 Å². The van der Waals surface area contributed by atoms with Gasteiger partial charge in [0.1, 0.15) is 5.92 Å². The summed E-state index contributed by atoms with van der Waals surface area (Å²) in [6.07, 6.45) is 7.72. The second kappa shape index (κ2) is 8.27. The van der Waals surface area contributed by atoms with Crippen LogP contribution in [-0.4, -0.2) is 35.5 Å². The van der Waals surface area contributed by atoms with Crippen LogP contribution in [-0.2, 0) is 9.53 Å². The third kappa shape index (κ3) is 4.42. The first-order valence-corrected chi connectivity index (χ1v) is 6.83. The fourth-order valence-electron chi connectivity index (χ4n) is 2.55. The SMILES string of the molecule is CCOC(=O)[C@@H](/C=C/CO)[C@H](O)C1CCCCC1. The summed E-state index contributed by atoms with van der Waals surface area (Å²) in [5.41, 5.74) is 0. The summed E-state index contributed by atoms with van der Waals surface area (Å²) in [6, 6.07) is 0. The Kier molecular flexibility index (Phi) is 6.98. The molecular weight excluding hydrogens is 232 g/mol. The highest BCUT2D eigenvalue weighted by Gasteiger charge is 2.32. The van der Waals surface area contributed by atoms with Crippen LogP contribution in [0.5, 0.6) is 0 Å². The predicted octanol–water partition coefficient (Wildman–Crippen LogP) is 1.66. The number of esters is 1. The van der Waals surface area contributed by atoms with Gasteiger partial charge in [-0.15, -0.1) is 0 Å². The highest BCUT2D eigenvalue weighted by molar-refractivity contribution is 5.75. The van der Waals surface area contributed by atoms with Gasteiger partial charge in [0.05, 0.1) is 19.3 Å². The van der Waals surface area contributed by atoms with E-state index in [0.717, 1.165) is 25.7 Å². The van der Waals surface area contributed by atoms with Crippen LogP contribution in [0.2, 0.25) is 0 Å². The van der Waals surface area contributed by atoms with E-state index in [9.17, 15) is 9.90 Å². The number of hydrogen-bond acceptors (Lipinski definition) is 4. The van der Waals surface area contributed by atoms with Crippen LogP contribution in [0.15, 0.2) is 12.2 Å². The van der Waals surface area contributed by atoms with Crippen LogP contribution in [0.25, 0.3) is 0 Å². The Bertz CT molecular complexity index is 269. The van der Waals surface area contributed by atoms with Gasteiger partial charge in [0.2, 0.25) is 0 Å². The van der Waals surface area contributed by atoms with Crippen LogP contribution < -0.4 is 0 Å². The number of aliphatic hydroxyl groups is 2. The Labute approximate surface area is 109 Å². The first-order chi connectivity index (χ1) is 8.70. The molecule has 4 nitrogen and oxygen atoms in total. The molecule has 1 saturated carbocycles. The molecule has 1 rings (SSSR count). The van der Waals surface area contributed by atoms with Crippen LogP contribution >= 0.6 is 0 Å². The molecule has 1 aliphatic rings. The highest BCUT2D eigenvalue weighted by atomic mass is 16.5. The number of hydrogen-bond donors (Lipinski definition) is 2. The minimum absolute atomic E-state index is 0.132. The van der Waals surface area contributed by atoms with E-state index in [1.165, 1.54) is 12.5 Å². The van der Waals surface area contributed by atoms with Crippen molar-refractivity contribution in [1.29, 1.82) is 0 Å². The van der Waals surface area contributed by atoms with Gasteiger partial charge >= 0.3 is 5.97 Å². The molecule has 0 aromatic heterocycles. The lowest BCUT2D eigenvalue weighted by molar-refractivity contribution is -0.151. The zero-order chi connectivity index (χ0) is 13.4. The average molecular weight is 256 g/mol. The molecule has 4 heteroatoms. The molecule has 0 aliphatic heterocycles. The Balaban J connectivity index is 2.67. The monoisotopic (exact) mass is 256 g/mol. The summed E-state index contributed by atoms with van der Waals surface area (Å²) in [6.45, 7) is 1.92. The molecule has 0 unspecified atom stereocenters. The quantitative estimate of drug-likeness (QED) is 0.560. The van der Waals surface area contributed by atoms with Crippen molar-refractivity contribution in [3.05, 3.63) is 12.2 Å². The molecule has 1 fully saturated rings. The minimum Gasteiger partial charge on any atom is -0.465 e. The molecule has 1 aliphatic carbocycles. The Morgan fingerprint density at radius 1 is 1.39 bits per heavy atom. The molecule has 0 bridgehead atoms. The molecule has 104 valence electrons. The van der Waals surface area contributed by atoms with Crippen molar-refractivity contribution in [2.45, 2.75) is 45.1 Å². The maximum Gasteiger partial charge on any atom is 0.315 e. The normalized spacial score (nSPS) is 20.8. The number of carbonyl (C=O) groups is 1. The summed E-state index contributed by atoms with van der Waals surface area (Å²) in [7, 11) is 0. The maximum absolute atomic E-state index is 11.8. The second-order valence-corrected chi connectivity index (χ2v) is 4.78. The van der Waals surface area contributed by atoms with Crippen molar-refractivity contribution >= 4 is 5.97 Å². The molecule has 0 radical (unpaired) electrons. The Morgan fingerprint density at radius 2 is 2.06 bits per heavy atom. The van der Waals surface area contributed by atoms with Gasteiger partial charge in [-0.05, 0) is 25.7 Å². The van der Waals surface area contributed by atoms with E-state index in [1.54, 1.807) is 13.0 Å². The fourth-order valence-corrected chi connectivity index (χ4v) is 2.55.